The molecule has 1 aliphatic rings. The Hall–Kier alpha value is -0.440. The molecule has 0 fully saturated rings. The highest BCUT2D eigenvalue weighted by molar-refractivity contribution is 14.0. The van der Waals surface area contributed by atoms with E-state index in [2.05, 4.69) is 21.7 Å². The first-order valence-corrected chi connectivity index (χ1v) is 9.23. The Balaban J connectivity index is 0.00000288. The third-order valence-corrected chi connectivity index (χ3v) is 4.76. The molecule has 0 amide bonds. The summed E-state index contributed by atoms with van der Waals surface area (Å²) in [4.78, 5) is 5.48. The van der Waals surface area contributed by atoms with Crippen LogP contribution in [0.1, 0.15) is 12.8 Å². The summed E-state index contributed by atoms with van der Waals surface area (Å²) in [6.45, 7) is 3.37. The Kier molecular flexibility index (Phi) is 11.6. The molecule has 0 aliphatic carbocycles. The van der Waals surface area contributed by atoms with Gasteiger partial charge in [-0.25, -0.2) is 0 Å². The van der Waals surface area contributed by atoms with Crippen molar-refractivity contribution in [3.63, 3.8) is 0 Å². The highest BCUT2D eigenvalue weighted by atomic mass is 127. The van der Waals surface area contributed by atoms with E-state index in [1.807, 2.05) is 24.3 Å². The van der Waals surface area contributed by atoms with Crippen LogP contribution in [-0.4, -0.2) is 45.1 Å². The molecule has 0 spiro atoms. The third kappa shape index (κ3) is 8.60. The van der Waals surface area contributed by atoms with Crippen LogP contribution in [0.2, 0.25) is 5.02 Å². The molecule has 1 aromatic rings. The summed E-state index contributed by atoms with van der Waals surface area (Å²) < 4.78 is 5.31. The molecular weight excluding hydrogens is 457 g/mol. The number of hydrogen-bond acceptors (Lipinski definition) is 3. The predicted molar refractivity (Wildman–Crippen MR) is 115 cm³/mol. The highest BCUT2D eigenvalue weighted by Crippen LogP contribution is 2.19. The molecule has 4 nitrogen and oxygen atoms in total. The molecule has 7 heteroatoms. The fourth-order valence-electron chi connectivity index (χ4n) is 2.22. The van der Waals surface area contributed by atoms with Gasteiger partial charge >= 0.3 is 0 Å². The molecule has 0 aromatic heterocycles. The smallest absolute Gasteiger partial charge is 0.191 e. The lowest BCUT2D eigenvalue weighted by molar-refractivity contribution is 0.153. The number of thioether (sulfide) groups is 1. The van der Waals surface area contributed by atoms with Gasteiger partial charge in [-0.05, 0) is 37.1 Å². The third-order valence-electron chi connectivity index (χ3n) is 3.50. The first-order chi connectivity index (χ1) is 11.3. The molecular formula is C17H25ClIN3OS. The van der Waals surface area contributed by atoms with Crippen LogP contribution in [0.4, 0.5) is 0 Å². The van der Waals surface area contributed by atoms with Crippen molar-refractivity contribution in [3.8, 4) is 0 Å². The van der Waals surface area contributed by atoms with Crippen LogP contribution in [0.25, 0.3) is 0 Å². The van der Waals surface area contributed by atoms with E-state index >= 15 is 0 Å². The van der Waals surface area contributed by atoms with Crippen molar-refractivity contribution in [3.05, 3.63) is 40.9 Å². The van der Waals surface area contributed by atoms with Gasteiger partial charge in [0.25, 0.3) is 0 Å². The Bertz CT molecular complexity index is 537. The van der Waals surface area contributed by atoms with Crippen LogP contribution in [0.3, 0.4) is 0 Å². The summed E-state index contributed by atoms with van der Waals surface area (Å²) in [6, 6.07) is 7.93. The van der Waals surface area contributed by atoms with Gasteiger partial charge in [0.05, 0.1) is 13.2 Å². The molecule has 24 heavy (non-hydrogen) atoms. The summed E-state index contributed by atoms with van der Waals surface area (Å²) in [7, 11) is 1.80. The number of nitrogens with zero attached hydrogens (tertiary/aromatic N) is 1. The van der Waals surface area contributed by atoms with E-state index < -0.39 is 0 Å². The normalized spacial score (nSPS) is 14.6. The summed E-state index contributed by atoms with van der Waals surface area (Å²) in [5.74, 6) is 1.83. The predicted octanol–water partition coefficient (Wildman–Crippen LogP) is 3.95. The van der Waals surface area contributed by atoms with E-state index in [0.717, 1.165) is 55.9 Å². The monoisotopic (exact) mass is 481 g/mol. The van der Waals surface area contributed by atoms with E-state index in [1.54, 1.807) is 18.8 Å². The molecule has 0 atom stereocenters. The van der Waals surface area contributed by atoms with E-state index in [0.29, 0.717) is 0 Å². The van der Waals surface area contributed by atoms with Gasteiger partial charge in [-0.3, -0.25) is 4.99 Å². The van der Waals surface area contributed by atoms with Gasteiger partial charge in [-0.1, -0.05) is 23.3 Å². The second-order valence-electron chi connectivity index (χ2n) is 5.17. The lowest BCUT2D eigenvalue weighted by Crippen LogP contribution is -2.39. The summed E-state index contributed by atoms with van der Waals surface area (Å²) >= 11 is 7.68. The van der Waals surface area contributed by atoms with Crippen LogP contribution in [0, 0.1) is 0 Å². The molecule has 0 radical (unpaired) electrons. The Morgan fingerprint density at radius 3 is 2.67 bits per heavy atom. The number of hydrogen-bond donors (Lipinski definition) is 2. The van der Waals surface area contributed by atoms with Gasteiger partial charge < -0.3 is 15.4 Å². The van der Waals surface area contributed by atoms with Gasteiger partial charge in [0, 0.05) is 35.8 Å². The molecule has 0 unspecified atom stereocenters. The molecule has 0 bridgehead atoms. The lowest BCUT2D eigenvalue weighted by atomic mass is 10.1. The van der Waals surface area contributed by atoms with Gasteiger partial charge in [0.2, 0.25) is 0 Å². The first-order valence-electron chi connectivity index (χ1n) is 7.86. The maximum atomic E-state index is 5.88. The van der Waals surface area contributed by atoms with E-state index in [-0.39, 0.29) is 24.0 Å². The average molecular weight is 482 g/mol. The minimum atomic E-state index is 0. The van der Waals surface area contributed by atoms with Crippen molar-refractivity contribution >= 4 is 53.3 Å². The van der Waals surface area contributed by atoms with Gasteiger partial charge in [0.15, 0.2) is 5.96 Å². The van der Waals surface area contributed by atoms with Gasteiger partial charge in [0.1, 0.15) is 0 Å². The topological polar surface area (TPSA) is 45.7 Å². The van der Waals surface area contributed by atoms with Crippen molar-refractivity contribution in [1.29, 1.82) is 0 Å². The van der Waals surface area contributed by atoms with Crippen LogP contribution < -0.4 is 10.6 Å². The van der Waals surface area contributed by atoms with E-state index in [9.17, 15) is 0 Å². The maximum Gasteiger partial charge on any atom is 0.191 e. The molecule has 1 heterocycles. The number of aliphatic imine (C=N–C) groups is 1. The fourth-order valence-corrected chi connectivity index (χ4v) is 3.12. The summed E-state index contributed by atoms with van der Waals surface area (Å²) in [5.41, 5.74) is 1.47. The zero-order chi connectivity index (χ0) is 16.3. The molecule has 0 saturated heterocycles. The molecule has 1 aromatic carbocycles. The maximum absolute atomic E-state index is 5.88. The van der Waals surface area contributed by atoms with Crippen molar-refractivity contribution in [2.75, 3.05) is 39.1 Å². The number of nitrogens with one attached hydrogen (secondary N) is 2. The van der Waals surface area contributed by atoms with Gasteiger partial charge in [-0.2, -0.15) is 0 Å². The Labute approximate surface area is 170 Å². The number of benzene rings is 1. The zero-order valence-electron chi connectivity index (χ0n) is 13.9. The highest BCUT2D eigenvalue weighted by Gasteiger charge is 2.04. The number of halogens is 2. The number of rotatable bonds is 7. The second-order valence-corrected chi connectivity index (χ2v) is 6.77. The minimum Gasteiger partial charge on any atom is -0.377 e. The Morgan fingerprint density at radius 1 is 1.25 bits per heavy atom. The molecule has 2 rings (SSSR count). The van der Waals surface area contributed by atoms with Crippen molar-refractivity contribution in [2.24, 2.45) is 4.99 Å². The summed E-state index contributed by atoms with van der Waals surface area (Å²) in [5, 5.41) is 7.46. The average Bonchev–Trinajstić information content (AvgIpc) is 2.59. The fraction of sp³-hybridized carbons (Fsp3) is 0.471. The van der Waals surface area contributed by atoms with Crippen LogP contribution in [-0.2, 0) is 4.74 Å². The SMILES string of the molecule is CN=C(NCCSc1ccc(Cl)cc1)NCCC1=CCOCC1.I. The second kappa shape index (κ2) is 12.9. The molecule has 0 saturated carbocycles. The van der Waals surface area contributed by atoms with E-state index in [1.165, 1.54) is 10.5 Å². The van der Waals surface area contributed by atoms with Crippen LogP contribution in [0.15, 0.2) is 45.8 Å². The van der Waals surface area contributed by atoms with Crippen LogP contribution in [0.5, 0.6) is 0 Å². The zero-order valence-corrected chi connectivity index (χ0v) is 17.8. The molecule has 2 N–H and O–H groups in total. The standard InChI is InChI=1S/C17H24ClN3OS.HI/c1-19-17(20-9-6-14-7-11-22-12-8-14)21-10-13-23-16-4-2-15(18)3-5-16;/h2-5,7H,6,8-13H2,1H3,(H2,19,20,21);1H. The quantitative estimate of drug-likeness (QED) is 0.155. The minimum absolute atomic E-state index is 0. The van der Waals surface area contributed by atoms with Crippen LogP contribution >= 0.6 is 47.3 Å². The van der Waals surface area contributed by atoms with E-state index in [4.69, 9.17) is 16.3 Å². The summed E-state index contributed by atoms with van der Waals surface area (Å²) in [6.07, 6.45) is 4.28. The lowest BCUT2D eigenvalue weighted by Gasteiger charge is -2.15. The molecule has 134 valence electrons. The molecule has 1 aliphatic heterocycles. The number of guanidine groups is 1. The largest absolute Gasteiger partial charge is 0.377 e. The number of ether oxygens (including phenoxy) is 1. The first kappa shape index (κ1) is 21.6. The van der Waals surface area contributed by atoms with Crippen molar-refractivity contribution in [2.45, 2.75) is 17.7 Å². The van der Waals surface area contributed by atoms with Crippen molar-refractivity contribution < 1.29 is 4.74 Å². The Morgan fingerprint density at radius 2 is 2.00 bits per heavy atom. The van der Waals surface area contributed by atoms with Crippen molar-refractivity contribution in [1.82, 2.24) is 10.6 Å². The van der Waals surface area contributed by atoms with Gasteiger partial charge in [-0.15, -0.1) is 35.7 Å².